The van der Waals surface area contributed by atoms with Crippen LogP contribution in [0.4, 0.5) is 37.7 Å². The van der Waals surface area contributed by atoms with E-state index < -0.39 is 24.3 Å². The second-order valence-corrected chi connectivity index (χ2v) is 9.36. The summed E-state index contributed by atoms with van der Waals surface area (Å²) in [5, 5.41) is 26.7. The topological polar surface area (TPSA) is 138 Å². The van der Waals surface area contributed by atoms with Gasteiger partial charge < -0.3 is 15.5 Å². The molecule has 1 aromatic carbocycles. The van der Waals surface area contributed by atoms with E-state index in [1.807, 2.05) is 52.9 Å². The van der Waals surface area contributed by atoms with E-state index in [1.165, 1.54) is 5.56 Å². The minimum Gasteiger partial charge on any atom is -0.475 e. The molecule has 4 aromatic rings. The normalized spacial score (nSPS) is 14.3. The number of likely N-dealkylation sites (tertiary alicyclic amines) is 1. The number of fused-ring (bicyclic) bond motifs is 1. The van der Waals surface area contributed by atoms with Crippen LogP contribution in [0.3, 0.4) is 0 Å². The molecule has 1 saturated heterocycles. The molecule has 0 unspecified atom stereocenters. The number of nitrogens with zero attached hydrogens (tertiary/aromatic N) is 6. The number of nitrogens with one attached hydrogen (secondary N) is 1. The number of aryl methyl sites for hydroxylation is 1. The molecular weight excluding hydrogens is 588 g/mol. The lowest BCUT2D eigenvalue weighted by molar-refractivity contribution is -0.193. The van der Waals surface area contributed by atoms with Gasteiger partial charge in [0.05, 0.1) is 18.1 Å². The Kier molecular flexibility index (Phi) is 10.7. The first kappa shape index (κ1) is 32.8. The van der Waals surface area contributed by atoms with Gasteiger partial charge in [-0.15, -0.1) is 0 Å². The average Bonchev–Trinajstić information content (AvgIpc) is 3.55. The number of carbonyl (C=O) groups is 2. The van der Waals surface area contributed by atoms with Gasteiger partial charge in [0.25, 0.3) is 0 Å². The third-order valence-corrected chi connectivity index (χ3v) is 6.01. The predicted octanol–water partition coefficient (Wildman–Crippen LogP) is 4.85. The third kappa shape index (κ3) is 10.3. The summed E-state index contributed by atoms with van der Waals surface area (Å²) in [5.41, 5.74) is 4.24. The molecule has 3 aromatic heterocycles. The van der Waals surface area contributed by atoms with Gasteiger partial charge in [0.15, 0.2) is 11.5 Å². The van der Waals surface area contributed by atoms with Crippen molar-refractivity contribution in [1.29, 1.82) is 0 Å². The first-order valence-corrected chi connectivity index (χ1v) is 12.6. The molecule has 1 aliphatic rings. The van der Waals surface area contributed by atoms with E-state index in [9.17, 15) is 26.3 Å². The third-order valence-electron chi connectivity index (χ3n) is 6.01. The largest absolute Gasteiger partial charge is 0.490 e. The molecule has 0 atom stereocenters. The van der Waals surface area contributed by atoms with Crippen molar-refractivity contribution in [2.45, 2.75) is 37.7 Å². The van der Waals surface area contributed by atoms with E-state index in [-0.39, 0.29) is 0 Å². The van der Waals surface area contributed by atoms with Gasteiger partial charge in [-0.25, -0.2) is 19.1 Å². The molecule has 1 aliphatic heterocycles. The molecule has 0 saturated carbocycles. The van der Waals surface area contributed by atoms with Crippen LogP contribution in [-0.4, -0.2) is 76.9 Å². The lowest BCUT2D eigenvalue weighted by atomic mass is 9.96. The van der Waals surface area contributed by atoms with Crippen molar-refractivity contribution >= 4 is 29.0 Å². The Balaban J connectivity index is 0.000000303. The second-order valence-electron chi connectivity index (χ2n) is 9.36. The highest BCUT2D eigenvalue weighted by Crippen LogP contribution is 2.27. The van der Waals surface area contributed by atoms with E-state index >= 15 is 0 Å². The van der Waals surface area contributed by atoms with Crippen molar-refractivity contribution in [2.75, 3.05) is 18.4 Å². The zero-order valence-electron chi connectivity index (χ0n) is 22.5. The Morgan fingerprint density at radius 1 is 0.907 bits per heavy atom. The van der Waals surface area contributed by atoms with Crippen LogP contribution in [0.5, 0.6) is 0 Å². The summed E-state index contributed by atoms with van der Waals surface area (Å²) in [4.78, 5) is 25.1. The van der Waals surface area contributed by atoms with E-state index in [2.05, 4.69) is 39.7 Å². The number of benzene rings is 1. The van der Waals surface area contributed by atoms with Crippen LogP contribution in [0.15, 0.2) is 61.1 Å². The molecule has 11 nitrogen and oxygen atoms in total. The van der Waals surface area contributed by atoms with Crippen molar-refractivity contribution in [1.82, 2.24) is 29.3 Å². The number of alkyl halides is 6. The number of aliphatic carboxylic acids is 2. The number of anilines is 2. The van der Waals surface area contributed by atoms with Crippen molar-refractivity contribution in [2.24, 2.45) is 7.05 Å². The maximum atomic E-state index is 10.6. The molecule has 17 heteroatoms. The summed E-state index contributed by atoms with van der Waals surface area (Å²) in [6.45, 7) is 3.10. The van der Waals surface area contributed by atoms with E-state index in [0.29, 0.717) is 5.92 Å². The highest BCUT2D eigenvalue weighted by molar-refractivity contribution is 5.73. The van der Waals surface area contributed by atoms with Gasteiger partial charge in [0, 0.05) is 37.0 Å². The molecule has 232 valence electrons. The summed E-state index contributed by atoms with van der Waals surface area (Å²) in [6, 6.07) is 14.2. The van der Waals surface area contributed by atoms with Crippen LogP contribution in [0, 0.1) is 0 Å². The van der Waals surface area contributed by atoms with Crippen LogP contribution in [0.25, 0.3) is 5.65 Å². The molecule has 0 aliphatic carbocycles. The number of pyridine rings is 1. The highest BCUT2D eigenvalue weighted by atomic mass is 19.4. The van der Waals surface area contributed by atoms with Crippen molar-refractivity contribution in [3.63, 3.8) is 0 Å². The summed E-state index contributed by atoms with van der Waals surface area (Å²) in [7, 11) is 1.96. The van der Waals surface area contributed by atoms with Gasteiger partial charge in [-0.1, -0.05) is 18.2 Å². The first-order valence-electron chi connectivity index (χ1n) is 12.6. The summed E-state index contributed by atoms with van der Waals surface area (Å²) < 4.78 is 67.2. The van der Waals surface area contributed by atoms with Crippen LogP contribution < -0.4 is 5.32 Å². The first-order chi connectivity index (χ1) is 20.1. The minimum absolute atomic E-state index is 0.422. The Morgan fingerprint density at radius 3 is 2.00 bits per heavy atom. The molecule has 0 radical (unpaired) electrons. The monoisotopic (exact) mass is 615 g/mol. The SMILES string of the molecule is Cn1cc(CN2CCC(c3nc4ccc(Nc5ccccc5)cn4n3)CC2)cn1.O=C(O)C(F)(F)F.O=C(O)C(F)(F)F. The summed E-state index contributed by atoms with van der Waals surface area (Å²) in [5.74, 6) is -4.13. The molecule has 5 rings (SSSR count). The minimum atomic E-state index is -5.08. The molecule has 0 amide bonds. The fourth-order valence-electron chi connectivity index (χ4n) is 4.00. The molecule has 3 N–H and O–H groups in total. The van der Waals surface area contributed by atoms with E-state index in [0.717, 1.165) is 55.3 Å². The van der Waals surface area contributed by atoms with Gasteiger partial charge in [-0.05, 0) is 50.2 Å². The smallest absolute Gasteiger partial charge is 0.475 e. The van der Waals surface area contributed by atoms with Crippen molar-refractivity contribution in [3.8, 4) is 0 Å². The fourth-order valence-corrected chi connectivity index (χ4v) is 4.00. The number of hydrogen-bond acceptors (Lipinski definition) is 7. The average molecular weight is 616 g/mol. The number of hydrogen-bond donors (Lipinski definition) is 3. The molecule has 0 spiro atoms. The Hall–Kier alpha value is -4.67. The zero-order chi connectivity index (χ0) is 31.8. The van der Waals surface area contributed by atoms with Crippen molar-refractivity contribution in [3.05, 3.63) is 72.4 Å². The Morgan fingerprint density at radius 2 is 1.49 bits per heavy atom. The molecule has 4 heterocycles. The Labute approximate surface area is 240 Å². The molecule has 0 bridgehead atoms. The maximum absolute atomic E-state index is 10.6. The number of halogens is 6. The number of aromatic nitrogens is 5. The van der Waals surface area contributed by atoms with Crippen LogP contribution in [-0.2, 0) is 23.2 Å². The standard InChI is InChI=1S/C22H25N7.2C2HF3O2/c1-27-14-17(13-23-27)15-28-11-9-18(10-12-28)22-25-21-8-7-20(16-29(21)26-22)24-19-5-3-2-4-6-19;2*3-2(4,5)1(6)7/h2-8,13-14,16,18,24H,9-12,15H2,1H3;2*(H,6,7). The number of rotatable bonds is 5. The van der Waals surface area contributed by atoms with Gasteiger partial charge in [0.2, 0.25) is 0 Å². The van der Waals surface area contributed by atoms with Gasteiger partial charge >= 0.3 is 24.3 Å². The molecular formula is C26H27F6N7O4. The van der Waals surface area contributed by atoms with Gasteiger partial charge in [-0.2, -0.15) is 36.5 Å². The number of carboxylic acid groups (broad SMARTS) is 2. The predicted molar refractivity (Wildman–Crippen MR) is 141 cm³/mol. The number of piperidine rings is 1. The Bertz CT molecular complexity index is 1470. The quantitative estimate of drug-likeness (QED) is 0.269. The number of para-hydroxylation sites is 1. The van der Waals surface area contributed by atoms with Gasteiger partial charge in [0.1, 0.15) is 0 Å². The fraction of sp³-hybridized carbons (Fsp3) is 0.346. The summed E-state index contributed by atoms with van der Waals surface area (Å²) >= 11 is 0. The van der Waals surface area contributed by atoms with Crippen LogP contribution >= 0.6 is 0 Å². The molecule has 1 fully saturated rings. The van der Waals surface area contributed by atoms with E-state index in [1.54, 1.807) is 0 Å². The zero-order valence-corrected chi connectivity index (χ0v) is 22.5. The van der Waals surface area contributed by atoms with Crippen molar-refractivity contribution < 1.29 is 46.1 Å². The second kappa shape index (κ2) is 14.0. The lowest BCUT2D eigenvalue weighted by Crippen LogP contribution is -2.32. The number of carboxylic acids is 2. The summed E-state index contributed by atoms with van der Waals surface area (Å²) in [6.07, 6.45) is -1.93. The molecule has 43 heavy (non-hydrogen) atoms. The van der Waals surface area contributed by atoms with Crippen LogP contribution in [0.1, 0.15) is 30.1 Å². The van der Waals surface area contributed by atoms with E-state index in [4.69, 9.17) is 29.9 Å². The van der Waals surface area contributed by atoms with Crippen LogP contribution in [0.2, 0.25) is 0 Å². The van der Waals surface area contributed by atoms with Gasteiger partial charge in [-0.3, -0.25) is 9.58 Å². The lowest BCUT2D eigenvalue weighted by Gasteiger charge is -2.30. The highest BCUT2D eigenvalue weighted by Gasteiger charge is 2.38. The maximum Gasteiger partial charge on any atom is 0.490 e.